The van der Waals surface area contributed by atoms with Crippen LogP contribution in [0.2, 0.25) is 0 Å². The van der Waals surface area contributed by atoms with Crippen molar-refractivity contribution in [1.29, 1.82) is 0 Å². The Balaban J connectivity index is 3.89. The Morgan fingerprint density at radius 3 is 2.36 bits per heavy atom. The van der Waals surface area contributed by atoms with Crippen molar-refractivity contribution < 1.29 is 13.5 Å². The van der Waals surface area contributed by atoms with Crippen molar-refractivity contribution in [2.45, 2.75) is 32.6 Å². The van der Waals surface area contributed by atoms with E-state index in [1.165, 1.54) is 4.31 Å². The van der Waals surface area contributed by atoms with Crippen LogP contribution < -0.4 is 0 Å². The minimum atomic E-state index is -3.13. The summed E-state index contributed by atoms with van der Waals surface area (Å²) in [4.78, 5) is 0. The summed E-state index contributed by atoms with van der Waals surface area (Å²) in [7, 11) is -1.53. The second-order valence-electron chi connectivity index (χ2n) is 3.42. The van der Waals surface area contributed by atoms with E-state index in [4.69, 9.17) is 5.11 Å². The van der Waals surface area contributed by atoms with Gasteiger partial charge in [0.2, 0.25) is 10.0 Å². The van der Waals surface area contributed by atoms with Gasteiger partial charge in [-0.3, -0.25) is 0 Å². The molecule has 0 fully saturated rings. The van der Waals surface area contributed by atoms with E-state index in [1.807, 2.05) is 0 Å². The summed E-state index contributed by atoms with van der Waals surface area (Å²) in [5.41, 5.74) is 0. The van der Waals surface area contributed by atoms with E-state index in [1.54, 1.807) is 7.05 Å². The van der Waals surface area contributed by atoms with E-state index in [9.17, 15) is 8.42 Å². The smallest absolute Gasteiger partial charge is 0.213 e. The van der Waals surface area contributed by atoms with Gasteiger partial charge in [0.15, 0.2) is 0 Å². The number of aliphatic hydroxyl groups is 1. The van der Waals surface area contributed by atoms with E-state index >= 15 is 0 Å². The summed E-state index contributed by atoms with van der Waals surface area (Å²) in [6, 6.07) is 0. The van der Waals surface area contributed by atoms with Crippen molar-refractivity contribution in [2.75, 3.05) is 26.0 Å². The molecule has 0 aliphatic carbocycles. The first kappa shape index (κ1) is 13.9. The van der Waals surface area contributed by atoms with Crippen LogP contribution in [-0.2, 0) is 10.0 Å². The predicted molar refractivity (Wildman–Crippen MR) is 57.6 cm³/mol. The highest BCUT2D eigenvalue weighted by Crippen LogP contribution is 2.03. The van der Waals surface area contributed by atoms with Gasteiger partial charge >= 0.3 is 0 Å². The SMILES string of the molecule is CCCCCN(C)S(=O)(=O)CCCO. The van der Waals surface area contributed by atoms with Crippen LogP contribution in [0.1, 0.15) is 32.6 Å². The molecule has 0 aromatic heterocycles. The molecule has 0 aromatic carbocycles. The van der Waals surface area contributed by atoms with Gasteiger partial charge in [-0.05, 0) is 12.8 Å². The fraction of sp³-hybridized carbons (Fsp3) is 1.00. The Morgan fingerprint density at radius 1 is 1.21 bits per heavy atom. The standard InChI is InChI=1S/C9H21NO3S/c1-3-4-5-7-10(2)14(12,13)9-6-8-11/h11H,3-9H2,1-2H3. The number of hydrogen-bond donors (Lipinski definition) is 1. The molecule has 0 unspecified atom stereocenters. The van der Waals surface area contributed by atoms with Gasteiger partial charge in [0.1, 0.15) is 0 Å². The maximum absolute atomic E-state index is 11.5. The number of aliphatic hydroxyl groups excluding tert-OH is 1. The van der Waals surface area contributed by atoms with Gasteiger partial charge < -0.3 is 5.11 Å². The molecule has 86 valence electrons. The first-order chi connectivity index (χ1) is 6.54. The van der Waals surface area contributed by atoms with E-state index in [0.717, 1.165) is 19.3 Å². The Labute approximate surface area is 87.0 Å². The average Bonchev–Trinajstić information content (AvgIpc) is 2.15. The highest BCUT2D eigenvalue weighted by Gasteiger charge is 2.15. The van der Waals surface area contributed by atoms with Crippen LogP contribution in [0.3, 0.4) is 0 Å². The Bertz CT molecular complexity index is 226. The number of unbranched alkanes of at least 4 members (excludes halogenated alkanes) is 2. The van der Waals surface area contributed by atoms with Crippen LogP contribution >= 0.6 is 0 Å². The molecule has 5 heteroatoms. The van der Waals surface area contributed by atoms with Crippen LogP contribution in [0.4, 0.5) is 0 Å². The molecule has 0 rings (SSSR count). The lowest BCUT2D eigenvalue weighted by molar-refractivity contribution is 0.294. The topological polar surface area (TPSA) is 57.6 Å². The van der Waals surface area contributed by atoms with E-state index in [0.29, 0.717) is 13.0 Å². The van der Waals surface area contributed by atoms with Crippen molar-refractivity contribution in [3.8, 4) is 0 Å². The average molecular weight is 223 g/mol. The molecular formula is C9H21NO3S. The molecule has 0 bridgehead atoms. The van der Waals surface area contributed by atoms with Crippen molar-refractivity contribution in [3.63, 3.8) is 0 Å². The maximum Gasteiger partial charge on any atom is 0.213 e. The van der Waals surface area contributed by atoms with Crippen molar-refractivity contribution in [1.82, 2.24) is 4.31 Å². The van der Waals surface area contributed by atoms with Crippen molar-refractivity contribution >= 4 is 10.0 Å². The molecule has 0 saturated heterocycles. The summed E-state index contributed by atoms with van der Waals surface area (Å²) in [5.74, 6) is 0.0477. The maximum atomic E-state index is 11.5. The molecule has 0 aromatic rings. The lowest BCUT2D eigenvalue weighted by Gasteiger charge is -2.16. The largest absolute Gasteiger partial charge is 0.396 e. The van der Waals surface area contributed by atoms with Gasteiger partial charge in [0.05, 0.1) is 5.75 Å². The van der Waals surface area contributed by atoms with Gasteiger partial charge in [-0.25, -0.2) is 12.7 Å². The summed E-state index contributed by atoms with van der Waals surface area (Å²) in [6.45, 7) is 2.60. The lowest BCUT2D eigenvalue weighted by Crippen LogP contribution is -2.30. The molecule has 0 aliphatic heterocycles. The zero-order valence-corrected chi connectivity index (χ0v) is 9.89. The zero-order chi connectivity index (χ0) is 11.0. The van der Waals surface area contributed by atoms with Gasteiger partial charge in [-0.2, -0.15) is 0 Å². The molecule has 14 heavy (non-hydrogen) atoms. The number of nitrogens with zero attached hydrogens (tertiary/aromatic N) is 1. The molecule has 0 saturated carbocycles. The normalized spacial score (nSPS) is 12.3. The number of hydrogen-bond acceptors (Lipinski definition) is 3. The quantitative estimate of drug-likeness (QED) is 0.620. The number of rotatable bonds is 8. The van der Waals surface area contributed by atoms with Gasteiger partial charge in [-0.15, -0.1) is 0 Å². The third-order valence-corrected chi connectivity index (χ3v) is 4.05. The molecular weight excluding hydrogens is 202 g/mol. The van der Waals surface area contributed by atoms with Crippen LogP contribution in [0, 0.1) is 0 Å². The van der Waals surface area contributed by atoms with Gasteiger partial charge in [0, 0.05) is 20.2 Å². The molecule has 1 N–H and O–H groups in total. The second-order valence-corrected chi connectivity index (χ2v) is 5.62. The number of sulfonamides is 1. The molecule has 0 aliphatic rings. The Kier molecular flexibility index (Phi) is 7.13. The monoisotopic (exact) mass is 223 g/mol. The fourth-order valence-electron chi connectivity index (χ4n) is 1.13. The second kappa shape index (κ2) is 7.20. The minimum Gasteiger partial charge on any atom is -0.396 e. The minimum absolute atomic E-state index is 0.0477. The predicted octanol–water partition coefficient (Wildman–Crippen LogP) is 0.821. The molecule has 0 atom stereocenters. The Morgan fingerprint density at radius 2 is 1.86 bits per heavy atom. The van der Waals surface area contributed by atoms with Crippen LogP contribution in [-0.4, -0.2) is 43.8 Å². The van der Waals surface area contributed by atoms with Crippen LogP contribution in [0.15, 0.2) is 0 Å². The first-order valence-electron chi connectivity index (χ1n) is 5.09. The van der Waals surface area contributed by atoms with E-state index in [-0.39, 0.29) is 12.4 Å². The molecule has 0 radical (unpaired) electrons. The third kappa shape index (κ3) is 5.57. The van der Waals surface area contributed by atoms with Crippen LogP contribution in [0.5, 0.6) is 0 Å². The lowest BCUT2D eigenvalue weighted by atomic mass is 10.2. The highest BCUT2D eigenvalue weighted by molar-refractivity contribution is 7.89. The summed E-state index contributed by atoms with van der Waals surface area (Å²) in [5, 5.41) is 8.54. The summed E-state index contributed by atoms with van der Waals surface area (Å²) >= 11 is 0. The van der Waals surface area contributed by atoms with Crippen molar-refractivity contribution in [3.05, 3.63) is 0 Å². The molecule has 0 spiro atoms. The Hall–Kier alpha value is -0.130. The summed E-state index contributed by atoms with van der Waals surface area (Å²) < 4.78 is 24.4. The first-order valence-corrected chi connectivity index (χ1v) is 6.70. The van der Waals surface area contributed by atoms with Gasteiger partial charge in [-0.1, -0.05) is 19.8 Å². The third-order valence-electron chi connectivity index (χ3n) is 2.11. The van der Waals surface area contributed by atoms with Gasteiger partial charge in [0.25, 0.3) is 0 Å². The van der Waals surface area contributed by atoms with Crippen molar-refractivity contribution in [2.24, 2.45) is 0 Å². The molecule has 0 heterocycles. The molecule has 4 nitrogen and oxygen atoms in total. The van der Waals surface area contributed by atoms with E-state index in [2.05, 4.69) is 6.92 Å². The molecule has 0 amide bonds. The van der Waals surface area contributed by atoms with Crippen LogP contribution in [0.25, 0.3) is 0 Å². The highest BCUT2D eigenvalue weighted by atomic mass is 32.2. The zero-order valence-electron chi connectivity index (χ0n) is 9.07. The summed E-state index contributed by atoms with van der Waals surface area (Å²) in [6.07, 6.45) is 3.37. The fourth-order valence-corrected chi connectivity index (χ4v) is 2.34. The van der Waals surface area contributed by atoms with E-state index < -0.39 is 10.0 Å².